The van der Waals surface area contributed by atoms with Gasteiger partial charge in [-0.3, -0.25) is 0 Å². The van der Waals surface area contributed by atoms with Crippen LogP contribution in [0, 0.1) is 6.92 Å². The number of rotatable bonds is 2. The van der Waals surface area contributed by atoms with E-state index in [-0.39, 0.29) is 6.85 Å². The van der Waals surface area contributed by atoms with Crippen molar-refractivity contribution in [3.05, 3.63) is 109 Å². The van der Waals surface area contributed by atoms with Crippen LogP contribution in [0.3, 0.4) is 0 Å². The molecule has 1 aliphatic heterocycles. The van der Waals surface area contributed by atoms with Crippen LogP contribution in [0.1, 0.15) is 5.56 Å². The Balaban J connectivity index is 1.85. The van der Waals surface area contributed by atoms with Crippen molar-refractivity contribution in [2.24, 2.45) is 0 Å². The Hall–Kier alpha value is -3.26. The monoisotopic (exact) mass is 345 g/mol. The summed E-state index contributed by atoms with van der Waals surface area (Å²) in [6, 6.07) is 37.1. The summed E-state index contributed by atoms with van der Waals surface area (Å²) in [7, 11) is 0. The molecule has 0 saturated carbocycles. The van der Waals surface area contributed by atoms with Crippen LogP contribution in [0.15, 0.2) is 103 Å². The van der Waals surface area contributed by atoms with E-state index in [9.17, 15) is 0 Å². The van der Waals surface area contributed by atoms with Crippen LogP contribution in [0.25, 0.3) is 11.1 Å². The highest BCUT2D eigenvalue weighted by atomic mass is 15.1. The molecule has 4 aromatic carbocycles. The molecule has 4 aromatic rings. The van der Waals surface area contributed by atoms with Crippen LogP contribution in [0.5, 0.6) is 0 Å². The van der Waals surface area contributed by atoms with Gasteiger partial charge in [0.2, 0.25) is 0 Å². The van der Waals surface area contributed by atoms with Gasteiger partial charge in [0.15, 0.2) is 0 Å². The first-order valence-corrected chi connectivity index (χ1v) is 9.43. The molecular formula is C25H20BN. The van der Waals surface area contributed by atoms with E-state index in [0.717, 1.165) is 0 Å². The highest BCUT2D eigenvalue weighted by Gasteiger charge is 2.36. The molecule has 0 saturated heterocycles. The Morgan fingerprint density at radius 3 is 1.93 bits per heavy atom. The van der Waals surface area contributed by atoms with Crippen molar-refractivity contribution < 1.29 is 0 Å². The second-order valence-corrected chi connectivity index (χ2v) is 7.07. The number of benzene rings is 4. The van der Waals surface area contributed by atoms with Crippen molar-refractivity contribution in [1.29, 1.82) is 0 Å². The van der Waals surface area contributed by atoms with Gasteiger partial charge >= 0.3 is 6.85 Å². The molecule has 0 fully saturated rings. The third-order valence-electron chi connectivity index (χ3n) is 5.46. The minimum absolute atomic E-state index is 0.151. The first-order valence-electron chi connectivity index (χ1n) is 9.43. The molecule has 0 spiro atoms. The lowest BCUT2D eigenvalue weighted by Gasteiger charge is -2.39. The van der Waals surface area contributed by atoms with Crippen molar-refractivity contribution in [2.75, 3.05) is 4.81 Å². The van der Waals surface area contributed by atoms with Gasteiger partial charge in [0, 0.05) is 16.9 Å². The Morgan fingerprint density at radius 1 is 0.556 bits per heavy atom. The summed E-state index contributed by atoms with van der Waals surface area (Å²) < 4.78 is 0. The third kappa shape index (κ3) is 2.57. The number of hydrogen-bond acceptors (Lipinski definition) is 1. The second-order valence-electron chi connectivity index (χ2n) is 7.07. The Morgan fingerprint density at radius 2 is 1.15 bits per heavy atom. The Labute approximate surface area is 161 Å². The lowest BCUT2D eigenvalue weighted by Crippen LogP contribution is -2.57. The normalized spacial score (nSPS) is 12.5. The zero-order valence-corrected chi connectivity index (χ0v) is 15.3. The minimum Gasteiger partial charge on any atom is -0.376 e. The van der Waals surface area contributed by atoms with Crippen LogP contribution in [-0.2, 0) is 0 Å². The third-order valence-corrected chi connectivity index (χ3v) is 5.46. The summed E-state index contributed by atoms with van der Waals surface area (Å²) in [5.41, 5.74) is 9.09. The SMILES string of the molecule is Cc1ccccc1N1B(c2ccccc2)c2ccccc2-c2ccccc21. The average Bonchev–Trinajstić information content (AvgIpc) is 2.74. The van der Waals surface area contributed by atoms with E-state index in [4.69, 9.17) is 0 Å². The second kappa shape index (κ2) is 6.48. The average molecular weight is 345 g/mol. The Bertz CT molecular complexity index is 1100. The molecule has 27 heavy (non-hydrogen) atoms. The first-order chi connectivity index (χ1) is 13.3. The van der Waals surface area contributed by atoms with Crippen molar-refractivity contribution >= 4 is 29.1 Å². The number of para-hydroxylation sites is 2. The molecule has 0 unspecified atom stereocenters. The van der Waals surface area contributed by atoms with Gasteiger partial charge in [0.1, 0.15) is 0 Å². The van der Waals surface area contributed by atoms with Crippen LogP contribution in [0.2, 0.25) is 0 Å². The molecule has 1 nitrogen and oxygen atoms in total. The summed E-state index contributed by atoms with van der Waals surface area (Å²) in [5.74, 6) is 0. The zero-order valence-electron chi connectivity index (χ0n) is 15.3. The smallest absolute Gasteiger partial charge is 0.328 e. The number of hydrogen-bond donors (Lipinski definition) is 0. The fraction of sp³-hybridized carbons (Fsp3) is 0.0400. The summed E-state index contributed by atoms with van der Waals surface area (Å²) in [5, 5.41) is 0. The highest BCUT2D eigenvalue weighted by Crippen LogP contribution is 2.40. The van der Waals surface area contributed by atoms with Crippen molar-refractivity contribution in [1.82, 2.24) is 0 Å². The molecule has 0 atom stereocenters. The summed E-state index contributed by atoms with van der Waals surface area (Å²) in [4.78, 5) is 2.50. The molecular weight excluding hydrogens is 325 g/mol. The largest absolute Gasteiger partial charge is 0.376 e. The lowest BCUT2D eigenvalue weighted by atomic mass is 9.45. The number of anilines is 2. The highest BCUT2D eigenvalue weighted by molar-refractivity contribution is 6.90. The zero-order chi connectivity index (χ0) is 18.2. The van der Waals surface area contributed by atoms with Crippen LogP contribution in [0.4, 0.5) is 11.4 Å². The number of nitrogens with zero attached hydrogens (tertiary/aromatic N) is 1. The maximum atomic E-state index is 2.50. The maximum absolute atomic E-state index is 2.50. The van der Waals surface area contributed by atoms with E-state index >= 15 is 0 Å². The maximum Gasteiger partial charge on any atom is 0.328 e. The molecule has 5 rings (SSSR count). The van der Waals surface area contributed by atoms with Crippen molar-refractivity contribution in [3.8, 4) is 11.1 Å². The molecule has 1 heterocycles. The molecule has 0 aliphatic carbocycles. The van der Waals surface area contributed by atoms with E-state index in [1.165, 1.54) is 39.0 Å². The first kappa shape index (κ1) is 16.0. The van der Waals surface area contributed by atoms with E-state index in [2.05, 4.69) is 115 Å². The summed E-state index contributed by atoms with van der Waals surface area (Å²) in [6.07, 6.45) is 0. The molecule has 0 radical (unpaired) electrons. The van der Waals surface area contributed by atoms with Crippen LogP contribution < -0.4 is 15.7 Å². The quantitative estimate of drug-likeness (QED) is 0.466. The van der Waals surface area contributed by atoms with Gasteiger partial charge in [-0.1, -0.05) is 96.5 Å². The lowest BCUT2D eigenvalue weighted by molar-refractivity contribution is 1.32. The van der Waals surface area contributed by atoms with Gasteiger partial charge in [0.25, 0.3) is 0 Å². The van der Waals surface area contributed by atoms with E-state index in [0.29, 0.717) is 0 Å². The molecule has 0 amide bonds. The number of fused-ring (bicyclic) bond motifs is 3. The van der Waals surface area contributed by atoms with Gasteiger partial charge in [-0.15, -0.1) is 0 Å². The standard InChI is InChI=1S/C25H20BN/c1-19-11-5-9-17-24(19)27-25-18-10-7-15-22(25)21-14-6-8-16-23(21)26(27)20-12-3-2-4-13-20/h2-18H,1H3. The fourth-order valence-electron chi connectivity index (χ4n) is 4.24. The van der Waals surface area contributed by atoms with Gasteiger partial charge in [-0.25, -0.2) is 0 Å². The molecule has 0 aromatic heterocycles. The fourth-order valence-corrected chi connectivity index (χ4v) is 4.24. The van der Waals surface area contributed by atoms with Crippen molar-refractivity contribution in [2.45, 2.75) is 6.92 Å². The Kier molecular flexibility index (Phi) is 3.83. The summed E-state index contributed by atoms with van der Waals surface area (Å²) in [6.45, 7) is 2.35. The van der Waals surface area contributed by atoms with E-state index in [1.807, 2.05) is 0 Å². The van der Waals surface area contributed by atoms with Crippen LogP contribution >= 0.6 is 0 Å². The molecule has 2 heteroatoms. The molecule has 0 bridgehead atoms. The molecule has 1 aliphatic rings. The topological polar surface area (TPSA) is 3.24 Å². The minimum atomic E-state index is 0.151. The van der Waals surface area contributed by atoms with Gasteiger partial charge in [0.05, 0.1) is 0 Å². The molecule has 0 N–H and O–H groups in total. The van der Waals surface area contributed by atoms with Gasteiger partial charge in [-0.05, 0) is 35.6 Å². The van der Waals surface area contributed by atoms with Gasteiger partial charge < -0.3 is 4.81 Å². The summed E-state index contributed by atoms with van der Waals surface area (Å²) >= 11 is 0. The molecule has 128 valence electrons. The van der Waals surface area contributed by atoms with Crippen LogP contribution in [-0.4, -0.2) is 6.85 Å². The van der Waals surface area contributed by atoms with Crippen molar-refractivity contribution in [3.63, 3.8) is 0 Å². The predicted octanol–water partition coefficient (Wildman–Crippen LogP) is 4.92. The van der Waals surface area contributed by atoms with E-state index in [1.54, 1.807) is 0 Å². The van der Waals surface area contributed by atoms with Gasteiger partial charge in [-0.2, -0.15) is 0 Å². The predicted molar refractivity (Wildman–Crippen MR) is 117 cm³/mol. The van der Waals surface area contributed by atoms with E-state index < -0.39 is 0 Å². The number of aryl methyl sites for hydroxylation is 1.